The van der Waals surface area contributed by atoms with Gasteiger partial charge in [0.1, 0.15) is 17.5 Å². The molecular formula is C13H24N4OS. The van der Waals surface area contributed by atoms with Gasteiger partial charge in [0.05, 0.1) is 0 Å². The Morgan fingerprint density at radius 1 is 1.42 bits per heavy atom. The lowest BCUT2D eigenvalue weighted by molar-refractivity contribution is 0.546. The van der Waals surface area contributed by atoms with Gasteiger partial charge in [0, 0.05) is 40.3 Å². The third-order valence-electron chi connectivity index (χ3n) is 2.65. The monoisotopic (exact) mass is 284 g/mol. The van der Waals surface area contributed by atoms with Gasteiger partial charge >= 0.3 is 0 Å². The first-order chi connectivity index (χ1) is 8.68. The van der Waals surface area contributed by atoms with E-state index in [0.717, 1.165) is 18.1 Å². The van der Waals surface area contributed by atoms with Crippen LogP contribution in [0.4, 0.5) is 11.6 Å². The molecule has 19 heavy (non-hydrogen) atoms. The molecule has 1 heterocycles. The molecule has 0 aliphatic rings. The van der Waals surface area contributed by atoms with Gasteiger partial charge in [-0.15, -0.1) is 0 Å². The Labute approximate surface area is 117 Å². The number of rotatable bonds is 5. The normalized spacial score (nSPS) is 15.0. The lowest BCUT2D eigenvalue weighted by Crippen LogP contribution is -2.22. The zero-order valence-corrected chi connectivity index (χ0v) is 13.2. The molecule has 0 bridgehead atoms. The van der Waals surface area contributed by atoms with Gasteiger partial charge in [0.2, 0.25) is 0 Å². The van der Waals surface area contributed by atoms with Crippen molar-refractivity contribution < 1.29 is 4.21 Å². The highest BCUT2D eigenvalue weighted by molar-refractivity contribution is 7.84. The number of anilines is 2. The molecule has 2 atom stereocenters. The number of aromatic nitrogens is 2. The fraction of sp³-hybridized carbons (Fsp3) is 0.692. The van der Waals surface area contributed by atoms with Crippen molar-refractivity contribution in [2.75, 3.05) is 23.1 Å². The molecule has 0 radical (unpaired) electrons. The van der Waals surface area contributed by atoms with Crippen LogP contribution in [-0.4, -0.2) is 32.2 Å². The van der Waals surface area contributed by atoms with Crippen LogP contribution in [0.1, 0.15) is 39.9 Å². The number of nitrogens with zero attached hydrogens (tertiary/aromatic N) is 2. The van der Waals surface area contributed by atoms with Gasteiger partial charge in [-0.1, -0.05) is 20.8 Å². The molecule has 0 saturated carbocycles. The van der Waals surface area contributed by atoms with Gasteiger partial charge in [-0.2, -0.15) is 0 Å². The third kappa shape index (κ3) is 5.55. The fourth-order valence-corrected chi connectivity index (χ4v) is 2.23. The average Bonchev–Trinajstić information content (AvgIpc) is 2.24. The van der Waals surface area contributed by atoms with Gasteiger partial charge in [0.25, 0.3) is 0 Å². The molecule has 6 heteroatoms. The van der Waals surface area contributed by atoms with Crippen LogP contribution in [0.25, 0.3) is 0 Å². The summed E-state index contributed by atoms with van der Waals surface area (Å²) in [6.45, 7) is 8.20. The fourth-order valence-electron chi connectivity index (χ4n) is 1.54. The van der Waals surface area contributed by atoms with Crippen LogP contribution in [0.5, 0.6) is 0 Å². The summed E-state index contributed by atoms with van der Waals surface area (Å²) in [5.41, 5.74) is 5.68. The molecule has 0 aliphatic carbocycles. The lowest BCUT2D eigenvalue weighted by Gasteiger charge is -2.20. The first-order valence-electron chi connectivity index (χ1n) is 6.40. The third-order valence-corrected chi connectivity index (χ3v) is 3.46. The minimum absolute atomic E-state index is 0.139. The van der Waals surface area contributed by atoms with Crippen molar-refractivity contribution in [2.24, 2.45) is 0 Å². The molecule has 0 amide bonds. The molecule has 0 spiro atoms. The molecule has 0 saturated heterocycles. The SMILES string of the molecule is CC(CCS(C)=O)Nc1cc(N)nc(C(C)(C)C)n1. The first kappa shape index (κ1) is 15.9. The van der Waals surface area contributed by atoms with Crippen LogP contribution in [0.3, 0.4) is 0 Å². The summed E-state index contributed by atoms with van der Waals surface area (Å²) in [6.07, 6.45) is 2.55. The van der Waals surface area contributed by atoms with E-state index in [1.165, 1.54) is 0 Å². The second kappa shape index (κ2) is 6.32. The molecule has 3 N–H and O–H groups in total. The van der Waals surface area contributed by atoms with Crippen molar-refractivity contribution in [1.82, 2.24) is 9.97 Å². The Hall–Kier alpha value is -1.17. The van der Waals surface area contributed by atoms with Crippen molar-refractivity contribution in [3.8, 4) is 0 Å². The van der Waals surface area contributed by atoms with E-state index in [1.807, 2.05) is 6.92 Å². The van der Waals surface area contributed by atoms with Crippen LogP contribution in [0.2, 0.25) is 0 Å². The molecule has 2 unspecified atom stereocenters. The maximum atomic E-state index is 11.1. The lowest BCUT2D eigenvalue weighted by atomic mass is 9.96. The quantitative estimate of drug-likeness (QED) is 0.863. The predicted octanol–water partition coefficient (Wildman–Crippen LogP) is 1.93. The molecule has 0 fully saturated rings. The molecule has 1 aromatic heterocycles. The van der Waals surface area contributed by atoms with Gasteiger partial charge in [-0.3, -0.25) is 4.21 Å². The van der Waals surface area contributed by atoms with Crippen LogP contribution < -0.4 is 11.1 Å². The van der Waals surface area contributed by atoms with Crippen LogP contribution in [-0.2, 0) is 16.2 Å². The smallest absolute Gasteiger partial charge is 0.138 e. The minimum atomic E-state index is -0.764. The molecule has 0 aliphatic heterocycles. The van der Waals surface area contributed by atoms with Crippen molar-refractivity contribution in [3.63, 3.8) is 0 Å². The summed E-state index contributed by atoms with van der Waals surface area (Å²) in [5, 5.41) is 3.28. The van der Waals surface area contributed by atoms with Gasteiger partial charge in [-0.25, -0.2) is 9.97 Å². The van der Waals surface area contributed by atoms with Gasteiger partial charge in [-0.05, 0) is 13.3 Å². The van der Waals surface area contributed by atoms with Crippen LogP contribution >= 0.6 is 0 Å². The zero-order valence-electron chi connectivity index (χ0n) is 12.4. The van der Waals surface area contributed by atoms with E-state index in [4.69, 9.17) is 5.73 Å². The summed E-state index contributed by atoms with van der Waals surface area (Å²) < 4.78 is 11.1. The van der Waals surface area contributed by atoms with Gasteiger partial charge < -0.3 is 11.1 Å². The number of nitrogens with one attached hydrogen (secondary N) is 1. The molecular weight excluding hydrogens is 260 g/mol. The molecule has 1 aromatic rings. The number of hydrogen-bond donors (Lipinski definition) is 2. The summed E-state index contributed by atoms with van der Waals surface area (Å²) in [4.78, 5) is 8.76. The maximum Gasteiger partial charge on any atom is 0.138 e. The summed E-state index contributed by atoms with van der Waals surface area (Å²) in [6, 6.07) is 1.93. The van der Waals surface area contributed by atoms with Crippen molar-refractivity contribution >= 4 is 22.4 Å². The topological polar surface area (TPSA) is 80.9 Å². The number of nitrogen functional groups attached to an aromatic ring is 1. The Morgan fingerprint density at radius 3 is 2.58 bits per heavy atom. The van der Waals surface area contributed by atoms with Crippen LogP contribution in [0, 0.1) is 0 Å². The largest absolute Gasteiger partial charge is 0.384 e. The van der Waals surface area contributed by atoms with Crippen molar-refractivity contribution in [3.05, 3.63) is 11.9 Å². The van der Waals surface area contributed by atoms with E-state index in [2.05, 4.69) is 36.1 Å². The first-order valence-corrected chi connectivity index (χ1v) is 8.13. The van der Waals surface area contributed by atoms with E-state index in [-0.39, 0.29) is 11.5 Å². The van der Waals surface area contributed by atoms with E-state index in [9.17, 15) is 4.21 Å². The standard InChI is InChI=1S/C13H24N4OS/c1-9(6-7-19(5)18)15-11-8-10(14)16-12(17-11)13(2,3)4/h8-9H,6-7H2,1-5H3,(H3,14,15,16,17). The van der Waals surface area contributed by atoms with Crippen molar-refractivity contribution in [2.45, 2.75) is 45.6 Å². The van der Waals surface area contributed by atoms with E-state index in [0.29, 0.717) is 11.6 Å². The highest BCUT2D eigenvalue weighted by Crippen LogP contribution is 2.21. The highest BCUT2D eigenvalue weighted by Gasteiger charge is 2.19. The second-order valence-electron chi connectivity index (χ2n) is 5.86. The summed E-state index contributed by atoms with van der Waals surface area (Å²) in [7, 11) is -0.764. The Kier molecular flexibility index (Phi) is 5.29. The highest BCUT2D eigenvalue weighted by atomic mass is 32.2. The molecule has 0 aromatic carbocycles. The maximum absolute atomic E-state index is 11.1. The summed E-state index contributed by atoms with van der Waals surface area (Å²) >= 11 is 0. The van der Waals surface area contributed by atoms with E-state index < -0.39 is 10.8 Å². The second-order valence-corrected chi connectivity index (χ2v) is 7.42. The molecule has 1 rings (SSSR count). The van der Waals surface area contributed by atoms with Crippen LogP contribution in [0.15, 0.2) is 6.07 Å². The zero-order chi connectivity index (χ0) is 14.6. The van der Waals surface area contributed by atoms with Gasteiger partial charge in [0.15, 0.2) is 0 Å². The molecule has 108 valence electrons. The Bertz CT molecular complexity index is 456. The predicted molar refractivity (Wildman–Crippen MR) is 81.8 cm³/mol. The number of hydrogen-bond acceptors (Lipinski definition) is 5. The van der Waals surface area contributed by atoms with E-state index >= 15 is 0 Å². The van der Waals surface area contributed by atoms with E-state index in [1.54, 1.807) is 12.3 Å². The van der Waals surface area contributed by atoms with Crippen molar-refractivity contribution in [1.29, 1.82) is 0 Å². The average molecular weight is 284 g/mol. The minimum Gasteiger partial charge on any atom is -0.384 e. The Morgan fingerprint density at radius 2 is 2.05 bits per heavy atom. The molecule has 5 nitrogen and oxygen atoms in total. The Balaban J connectivity index is 2.78. The summed E-state index contributed by atoms with van der Waals surface area (Å²) in [5.74, 6) is 2.60. The number of nitrogens with two attached hydrogens (primary N) is 1.